The predicted octanol–water partition coefficient (Wildman–Crippen LogP) is 24.3. The van der Waals surface area contributed by atoms with Gasteiger partial charge in [-0.3, -0.25) is 14.2 Å². The maximum absolute atomic E-state index is 12.9. The van der Waals surface area contributed by atoms with Gasteiger partial charge in [-0.05, 0) is 83.5 Å². The molecule has 0 N–H and O–H groups in total. The lowest BCUT2D eigenvalue weighted by Crippen LogP contribution is -2.37. The molecule has 0 bridgehead atoms. The summed E-state index contributed by atoms with van der Waals surface area (Å²) in [6.45, 7) is 4.26. The zero-order valence-electron chi connectivity index (χ0n) is 58.9. The molecule has 10 heteroatoms. The van der Waals surface area contributed by atoms with Gasteiger partial charge in [-0.15, -0.1) is 0 Å². The Balaban J connectivity index is 3.89. The van der Waals surface area contributed by atoms with Crippen molar-refractivity contribution in [1.82, 2.24) is 0 Å². The van der Waals surface area contributed by atoms with Gasteiger partial charge in [0.25, 0.3) is 7.82 Å². The summed E-state index contributed by atoms with van der Waals surface area (Å²) in [6.07, 6.45) is 92.0. The summed E-state index contributed by atoms with van der Waals surface area (Å²) in [6, 6.07) is 0. The Morgan fingerprint density at radius 2 is 0.614 bits per heavy atom. The van der Waals surface area contributed by atoms with E-state index in [4.69, 9.17) is 18.5 Å². The van der Waals surface area contributed by atoms with E-state index in [1.165, 1.54) is 276 Å². The number of allylic oxidation sites excluding steroid dienone is 10. The van der Waals surface area contributed by atoms with Crippen molar-refractivity contribution in [3.63, 3.8) is 0 Å². The van der Waals surface area contributed by atoms with Crippen molar-refractivity contribution in [2.24, 2.45) is 0 Å². The van der Waals surface area contributed by atoms with Gasteiger partial charge in [-0.1, -0.05) is 338 Å². The lowest BCUT2D eigenvalue weighted by molar-refractivity contribution is -0.870. The summed E-state index contributed by atoms with van der Waals surface area (Å²) in [5, 5.41) is 0. The fourth-order valence-electron chi connectivity index (χ4n) is 11.2. The lowest BCUT2D eigenvalue weighted by atomic mass is 10.0. The van der Waals surface area contributed by atoms with E-state index in [0.717, 1.165) is 64.2 Å². The molecular weight excluding hydrogens is 1110 g/mol. The highest BCUT2D eigenvalue weighted by Crippen LogP contribution is 2.38. The van der Waals surface area contributed by atoms with E-state index in [1.807, 2.05) is 21.1 Å². The summed E-state index contributed by atoms with van der Waals surface area (Å²) < 4.78 is 34.3. The van der Waals surface area contributed by atoms with E-state index in [-0.39, 0.29) is 32.0 Å². The molecule has 0 aliphatic heterocycles. The number of esters is 2. The van der Waals surface area contributed by atoms with Crippen molar-refractivity contribution in [2.45, 2.75) is 380 Å². The molecule has 0 saturated carbocycles. The zero-order chi connectivity index (χ0) is 64.1. The number of rotatable bonds is 71. The van der Waals surface area contributed by atoms with Crippen LogP contribution >= 0.6 is 7.82 Å². The molecule has 0 rings (SSSR count). The normalized spacial score (nSPS) is 13.4. The van der Waals surface area contributed by atoms with Crippen LogP contribution in [0.2, 0.25) is 0 Å². The van der Waals surface area contributed by atoms with Crippen LogP contribution in [-0.2, 0) is 32.7 Å². The minimum atomic E-state index is -4.64. The molecule has 0 heterocycles. The molecule has 0 radical (unpaired) electrons. The first-order chi connectivity index (χ1) is 43.0. The number of nitrogens with zero attached hydrogens (tertiary/aromatic N) is 1. The first kappa shape index (κ1) is 85.7. The Labute approximate surface area is 546 Å². The molecule has 2 atom stereocenters. The number of hydrogen-bond donors (Lipinski definition) is 0. The molecule has 2 unspecified atom stereocenters. The SMILES string of the molecule is CCCCCCC/C=C\C/C=C\C/C=C\CCCCCCCCCCC(=O)OC(COC(=O)CCCCCCCCCCCCCCCCCCCCCCCCCCCCCCC/C=C\C/C=C\CCCCCCC)COP(=O)([O-])OCC[N+](C)(C)C. The van der Waals surface area contributed by atoms with E-state index in [1.54, 1.807) is 0 Å². The van der Waals surface area contributed by atoms with Crippen molar-refractivity contribution in [3.8, 4) is 0 Å². The highest BCUT2D eigenvalue weighted by molar-refractivity contribution is 7.45. The van der Waals surface area contributed by atoms with Gasteiger partial charge in [-0.2, -0.15) is 0 Å². The largest absolute Gasteiger partial charge is 0.756 e. The van der Waals surface area contributed by atoms with Crippen LogP contribution in [0, 0.1) is 0 Å². The second-order valence-corrected chi connectivity index (χ2v) is 28.4. The lowest BCUT2D eigenvalue weighted by Gasteiger charge is -2.28. The van der Waals surface area contributed by atoms with Crippen LogP contribution < -0.4 is 4.89 Å². The number of hydrogen-bond acceptors (Lipinski definition) is 8. The van der Waals surface area contributed by atoms with Crippen LogP contribution in [0.5, 0.6) is 0 Å². The van der Waals surface area contributed by atoms with Gasteiger partial charge in [0.15, 0.2) is 6.10 Å². The molecule has 0 amide bonds. The summed E-state index contributed by atoms with van der Waals surface area (Å²) in [4.78, 5) is 38.1. The average Bonchev–Trinajstić information content (AvgIpc) is 3.68. The van der Waals surface area contributed by atoms with Crippen LogP contribution in [0.3, 0.4) is 0 Å². The Bertz CT molecular complexity index is 1670. The minimum Gasteiger partial charge on any atom is -0.756 e. The first-order valence-corrected chi connectivity index (χ1v) is 39.5. The van der Waals surface area contributed by atoms with E-state index in [0.29, 0.717) is 17.4 Å². The highest BCUT2D eigenvalue weighted by Gasteiger charge is 2.22. The average molecular weight is 1260 g/mol. The van der Waals surface area contributed by atoms with Crippen molar-refractivity contribution < 1.29 is 42.1 Å². The van der Waals surface area contributed by atoms with Gasteiger partial charge in [0.1, 0.15) is 19.8 Å². The number of likely N-dealkylation sites (N-methyl/N-ethyl adjacent to an activating group) is 1. The molecule has 0 saturated heterocycles. The fourth-order valence-corrected chi connectivity index (χ4v) is 11.9. The monoisotopic (exact) mass is 1260 g/mol. The third-order valence-corrected chi connectivity index (χ3v) is 18.0. The Kier molecular flexibility index (Phi) is 67.3. The molecule has 0 spiro atoms. The molecule has 0 aromatic carbocycles. The molecule has 0 fully saturated rings. The molecular formula is C78H146NO8P. The third kappa shape index (κ3) is 72.8. The van der Waals surface area contributed by atoms with Crippen LogP contribution in [0.15, 0.2) is 60.8 Å². The maximum Gasteiger partial charge on any atom is 0.306 e. The minimum absolute atomic E-state index is 0.0320. The van der Waals surface area contributed by atoms with Gasteiger partial charge >= 0.3 is 11.9 Å². The van der Waals surface area contributed by atoms with E-state index in [9.17, 15) is 19.0 Å². The van der Waals surface area contributed by atoms with Gasteiger partial charge in [-0.25, -0.2) is 0 Å². The Morgan fingerprint density at radius 1 is 0.352 bits per heavy atom. The highest BCUT2D eigenvalue weighted by atomic mass is 31.2. The Morgan fingerprint density at radius 3 is 0.909 bits per heavy atom. The summed E-state index contributed by atoms with van der Waals surface area (Å²) in [7, 11) is 1.17. The molecule has 9 nitrogen and oxygen atoms in total. The molecule has 88 heavy (non-hydrogen) atoms. The molecule has 0 aliphatic rings. The van der Waals surface area contributed by atoms with E-state index < -0.39 is 26.5 Å². The smallest absolute Gasteiger partial charge is 0.306 e. The van der Waals surface area contributed by atoms with Crippen molar-refractivity contribution in [2.75, 3.05) is 47.5 Å². The first-order valence-electron chi connectivity index (χ1n) is 38.0. The zero-order valence-corrected chi connectivity index (χ0v) is 59.8. The number of carbonyl (C=O) groups is 2. The maximum atomic E-state index is 12.9. The van der Waals surface area contributed by atoms with Crippen molar-refractivity contribution in [3.05, 3.63) is 60.8 Å². The Hall–Kier alpha value is -2.29. The number of carbonyl (C=O) groups excluding carboxylic acids is 2. The summed E-state index contributed by atoms with van der Waals surface area (Å²) in [5.74, 6) is -0.826. The number of phosphoric acid groups is 1. The number of ether oxygens (including phenoxy) is 2. The van der Waals surface area contributed by atoms with Gasteiger partial charge in [0, 0.05) is 12.8 Å². The fraction of sp³-hybridized carbons (Fsp3) is 0.846. The van der Waals surface area contributed by atoms with Crippen LogP contribution in [-0.4, -0.2) is 70.0 Å². The number of unbranched alkanes of at least 4 members (excludes halogenated alkanes) is 47. The van der Waals surface area contributed by atoms with Crippen molar-refractivity contribution in [1.29, 1.82) is 0 Å². The second kappa shape index (κ2) is 69.1. The van der Waals surface area contributed by atoms with Crippen LogP contribution in [0.4, 0.5) is 0 Å². The quantitative estimate of drug-likeness (QED) is 0.0195. The van der Waals surface area contributed by atoms with Gasteiger partial charge in [0.2, 0.25) is 0 Å². The van der Waals surface area contributed by atoms with E-state index in [2.05, 4.69) is 74.6 Å². The van der Waals surface area contributed by atoms with Gasteiger partial charge < -0.3 is 27.9 Å². The predicted molar refractivity (Wildman–Crippen MR) is 379 cm³/mol. The molecule has 0 aromatic rings. The number of quaternary nitrogens is 1. The topological polar surface area (TPSA) is 111 Å². The van der Waals surface area contributed by atoms with Crippen LogP contribution in [0.25, 0.3) is 0 Å². The molecule has 0 aromatic heterocycles. The molecule has 0 aliphatic carbocycles. The van der Waals surface area contributed by atoms with Crippen molar-refractivity contribution >= 4 is 19.8 Å². The summed E-state index contributed by atoms with van der Waals surface area (Å²) >= 11 is 0. The van der Waals surface area contributed by atoms with Gasteiger partial charge in [0.05, 0.1) is 27.7 Å². The number of phosphoric ester groups is 1. The second-order valence-electron chi connectivity index (χ2n) is 27.0. The molecule has 516 valence electrons. The van der Waals surface area contributed by atoms with E-state index >= 15 is 0 Å². The van der Waals surface area contributed by atoms with Crippen LogP contribution in [0.1, 0.15) is 373 Å². The summed E-state index contributed by atoms with van der Waals surface area (Å²) in [5.41, 5.74) is 0. The standard InChI is InChI=1S/C78H146NO8P/c1-6-8-10-12-14-16-18-20-22-24-26-28-30-31-32-33-34-35-36-37-38-39-40-41-42-43-44-45-46-47-49-50-52-54-56-58-60-62-64-66-68-70-77(80)84-74-76(75-86-88(82,83)85-73-72-79(3,4)5)87-78(81)71-69-67-65-63-61-59-57-55-53-51-48-29-27-25-23-21-19-17-15-13-11-9-7-2/h18-21,24-27,48,51,76H,6-17,22-23,28-47,49-50,52-75H2,1-5H3/b20-18-,21-19-,26-24-,27-25-,51-48-. The third-order valence-electron chi connectivity index (χ3n) is 17.0.